The first-order valence-electron chi connectivity index (χ1n) is 5.65. The van der Waals surface area contributed by atoms with Gasteiger partial charge in [0.2, 0.25) is 0 Å². The molecular formula is C14H13NO3S. The molecule has 19 heavy (non-hydrogen) atoms. The summed E-state index contributed by atoms with van der Waals surface area (Å²) in [5, 5.41) is 10.5. The Balaban J connectivity index is 2.36. The zero-order chi connectivity index (χ0) is 13.7. The van der Waals surface area contributed by atoms with Gasteiger partial charge in [0.05, 0.1) is 13.7 Å². The van der Waals surface area contributed by atoms with Crippen molar-refractivity contribution in [3.05, 3.63) is 50.6 Å². The quantitative estimate of drug-likeness (QED) is 0.859. The summed E-state index contributed by atoms with van der Waals surface area (Å²) in [6.45, 7) is 0.269. The minimum atomic E-state index is -0.175. The highest BCUT2D eigenvalue weighted by atomic mass is 32.1. The van der Waals surface area contributed by atoms with Gasteiger partial charge in [0, 0.05) is 22.7 Å². The minimum Gasteiger partial charge on any atom is -0.496 e. The lowest BCUT2D eigenvalue weighted by atomic mass is 10.1. The van der Waals surface area contributed by atoms with Crippen LogP contribution in [0.1, 0.15) is 11.1 Å². The molecule has 2 rings (SSSR count). The fourth-order valence-corrected chi connectivity index (χ4v) is 2.30. The normalized spacial score (nSPS) is 9.79. The number of rotatable bonds is 3. The van der Waals surface area contributed by atoms with Gasteiger partial charge in [0.1, 0.15) is 12.4 Å². The molecule has 1 aromatic heterocycles. The van der Waals surface area contributed by atoms with Gasteiger partial charge >= 0.3 is 4.87 Å². The smallest absolute Gasteiger partial charge is 0.307 e. The number of methoxy groups -OCH3 is 1. The van der Waals surface area contributed by atoms with Crippen molar-refractivity contribution in [2.75, 3.05) is 13.7 Å². The van der Waals surface area contributed by atoms with Gasteiger partial charge < -0.3 is 14.4 Å². The number of thiazole rings is 1. The van der Waals surface area contributed by atoms with E-state index in [0.29, 0.717) is 12.3 Å². The molecule has 1 N–H and O–H groups in total. The second-order valence-corrected chi connectivity index (χ2v) is 4.64. The molecule has 0 aliphatic heterocycles. The van der Waals surface area contributed by atoms with Crippen LogP contribution in [0.25, 0.3) is 0 Å². The van der Waals surface area contributed by atoms with Gasteiger partial charge in [-0.3, -0.25) is 4.79 Å². The molecule has 5 heteroatoms. The number of hydrogen-bond donors (Lipinski definition) is 1. The first-order valence-corrected chi connectivity index (χ1v) is 6.53. The van der Waals surface area contributed by atoms with Gasteiger partial charge in [-0.15, -0.1) is 0 Å². The summed E-state index contributed by atoms with van der Waals surface area (Å²) in [5.41, 5.74) is 1.67. The van der Waals surface area contributed by atoms with E-state index in [2.05, 4.69) is 11.8 Å². The summed E-state index contributed by atoms with van der Waals surface area (Å²) in [7, 11) is 1.59. The standard InChI is InChI=1S/C14H13NO3S/c1-18-13-5-4-11(3-2-7-16)9-12(13)10-15-6-8-19-14(15)17/h4-6,8-9,16H,7,10H2,1H3. The molecule has 0 aliphatic rings. The Morgan fingerprint density at radius 3 is 2.95 bits per heavy atom. The van der Waals surface area contributed by atoms with E-state index >= 15 is 0 Å². The van der Waals surface area contributed by atoms with E-state index < -0.39 is 0 Å². The first kappa shape index (κ1) is 13.4. The highest BCUT2D eigenvalue weighted by Crippen LogP contribution is 2.20. The van der Waals surface area contributed by atoms with Crippen LogP contribution < -0.4 is 9.61 Å². The molecule has 0 unspecified atom stereocenters. The molecule has 2 aromatic rings. The molecule has 4 nitrogen and oxygen atoms in total. The van der Waals surface area contributed by atoms with Crippen LogP contribution in [0.5, 0.6) is 5.75 Å². The number of aliphatic hydroxyl groups is 1. The maximum absolute atomic E-state index is 11.6. The van der Waals surface area contributed by atoms with Crippen molar-refractivity contribution in [2.45, 2.75) is 6.54 Å². The number of aliphatic hydroxyl groups excluding tert-OH is 1. The number of ether oxygens (including phenoxy) is 1. The van der Waals surface area contributed by atoms with Crippen molar-refractivity contribution in [1.29, 1.82) is 0 Å². The molecule has 0 amide bonds. The lowest BCUT2D eigenvalue weighted by Gasteiger charge is -2.09. The molecule has 0 radical (unpaired) electrons. The maximum Gasteiger partial charge on any atom is 0.307 e. The topological polar surface area (TPSA) is 51.5 Å². The Morgan fingerprint density at radius 1 is 1.47 bits per heavy atom. The van der Waals surface area contributed by atoms with E-state index in [-0.39, 0.29) is 11.5 Å². The Labute approximate surface area is 114 Å². The third kappa shape index (κ3) is 3.25. The average molecular weight is 275 g/mol. The largest absolute Gasteiger partial charge is 0.496 e. The van der Waals surface area contributed by atoms with Crippen LogP contribution in [0.15, 0.2) is 34.6 Å². The Kier molecular flexibility index (Phi) is 4.39. The molecule has 0 spiro atoms. The fourth-order valence-electron chi connectivity index (χ4n) is 1.71. The summed E-state index contributed by atoms with van der Waals surface area (Å²) in [6, 6.07) is 5.50. The van der Waals surface area contributed by atoms with Gasteiger partial charge in [0.25, 0.3) is 0 Å². The van der Waals surface area contributed by atoms with Crippen molar-refractivity contribution in [3.63, 3.8) is 0 Å². The van der Waals surface area contributed by atoms with Gasteiger partial charge in [-0.1, -0.05) is 23.2 Å². The Hall–Kier alpha value is -2.03. The van der Waals surface area contributed by atoms with Crippen molar-refractivity contribution < 1.29 is 9.84 Å². The number of hydrogen-bond acceptors (Lipinski definition) is 4. The fraction of sp³-hybridized carbons (Fsp3) is 0.214. The minimum absolute atomic E-state index is 0.00565. The number of aromatic nitrogens is 1. The summed E-state index contributed by atoms with van der Waals surface area (Å²) >= 11 is 1.16. The monoisotopic (exact) mass is 275 g/mol. The predicted octanol–water partition coefficient (Wildman–Crippen LogP) is 1.31. The third-order valence-corrected chi connectivity index (χ3v) is 3.27. The second kappa shape index (κ2) is 6.23. The van der Waals surface area contributed by atoms with Crippen molar-refractivity contribution >= 4 is 11.3 Å². The van der Waals surface area contributed by atoms with E-state index in [9.17, 15) is 4.79 Å². The highest BCUT2D eigenvalue weighted by Gasteiger charge is 2.06. The van der Waals surface area contributed by atoms with Crippen LogP contribution in [0.2, 0.25) is 0 Å². The highest BCUT2D eigenvalue weighted by molar-refractivity contribution is 7.07. The molecule has 0 atom stereocenters. The van der Waals surface area contributed by atoms with E-state index in [1.165, 1.54) is 0 Å². The SMILES string of the molecule is COc1ccc(C#CCO)cc1Cn1ccsc1=O. The third-order valence-electron chi connectivity index (χ3n) is 2.58. The molecule has 1 heterocycles. The van der Waals surface area contributed by atoms with Crippen molar-refractivity contribution in [3.8, 4) is 17.6 Å². The molecule has 98 valence electrons. The second-order valence-electron chi connectivity index (χ2n) is 3.78. The summed E-state index contributed by atoms with van der Waals surface area (Å²) < 4.78 is 6.90. The molecule has 0 saturated carbocycles. The molecule has 0 saturated heterocycles. The van der Waals surface area contributed by atoms with E-state index in [1.807, 2.05) is 18.2 Å². The maximum atomic E-state index is 11.6. The number of nitrogens with zero attached hydrogens (tertiary/aromatic N) is 1. The van der Waals surface area contributed by atoms with Crippen LogP contribution >= 0.6 is 11.3 Å². The van der Waals surface area contributed by atoms with Gasteiger partial charge in [-0.05, 0) is 18.2 Å². The zero-order valence-electron chi connectivity index (χ0n) is 10.4. The van der Waals surface area contributed by atoms with Crippen LogP contribution in [0, 0.1) is 11.8 Å². The van der Waals surface area contributed by atoms with Crippen molar-refractivity contribution in [2.24, 2.45) is 0 Å². The van der Waals surface area contributed by atoms with Crippen molar-refractivity contribution in [1.82, 2.24) is 4.57 Å². The van der Waals surface area contributed by atoms with Gasteiger partial charge in [-0.25, -0.2) is 0 Å². The lowest BCUT2D eigenvalue weighted by molar-refractivity contribution is 0.350. The predicted molar refractivity (Wildman–Crippen MR) is 74.6 cm³/mol. The number of benzene rings is 1. The van der Waals surface area contributed by atoms with E-state index in [0.717, 1.165) is 22.5 Å². The molecule has 0 bridgehead atoms. The summed E-state index contributed by atoms with van der Waals surface area (Å²) in [4.78, 5) is 11.6. The Bertz CT molecular complexity index is 676. The molecular weight excluding hydrogens is 262 g/mol. The van der Waals surface area contributed by atoms with Crippen LogP contribution in [-0.4, -0.2) is 23.4 Å². The van der Waals surface area contributed by atoms with Gasteiger partial charge in [0.15, 0.2) is 0 Å². The zero-order valence-corrected chi connectivity index (χ0v) is 11.2. The van der Waals surface area contributed by atoms with Gasteiger partial charge in [-0.2, -0.15) is 0 Å². The molecule has 0 fully saturated rings. The van der Waals surface area contributed by atoms with E-state index in [4.69, 9.17) is 9.84 Å². The van der Waals surface area contributed by atoms with E-state index in [1.54, 1.807) is 23.3 Å². The van der Waals surface area contributed by atoms with Crippen LogP contribution in [0.3, 0.4) is 0 Å². The molecule has 0 aliphatic carbocycles. The van der Waals surface area contributed by atoms with Crippen LogP contribution in [0.4, 0.5) is 0 Å². The molecule has 1 aromatic carbocycles. The lowest BCUT2D eigenvalue weighted by Crippen LogP contribution is -2.13. The summed E-state index contributed by atoms with van der Waals surface area (Å²) in [5.74, 6) is 6.15. The van der Waals surface area contributed by atoms with Crippen LogP contribution in [-0.2, 0) is 6.54 Å². The first-order chi connectivity index (χ1) is 9.24. The Morgan fingerprint density at radius 2 is 2.32 bits per heavy atom. The average Bonchev–Trinajstić information content (AvgIpc) is 2.82. The summed E-state index contributed by atoms with van der Waals surface area (Å²) in [6.07, 6.45) is 1.75.